The van der Waals surface area contributed by atoms with E-state index in [9.17, 15) is 9.18 Å². The molecule has 0 bridgehead atoms. The summed E-state index contributed by atoms with van der Waals surface area (Å²) in [6, 6.07) is 4.50. The van der Waals surface area contributed by atoms with Crippen molar-refractivity contribution in [3.63, 3.8) is 0 Å². The number of aliphatic carboxylic acids is 1. The monoisotopic (exact) mass is 340 g/mol. The number of benzene rings is 1. The molecule has 1 aliphatic heterocycles. The second-order valence-corrected chi connectivity index (χ2v) is 6.72. The summed E-state index contributed by atoms with van der Waals surface area (Å²) in [5, 5.41) is 10.5. The lowest BCUT2D eigenvalue weighted by molar-refractivity contribution is -0.136. The zero-order valence-electron chi connectivity index (χ0n) is 12.6. The van der Waals surface area contributed by atoms with E-state index in [1.807, 2.05) is 30.4 Å². The normalized spacial score (nSPS) is 16.0. The third kappa shape index (κ3) is 2.61. The van der Waals surface area contributed by atoms with E-state index in [-0.39, 0.29) is 12.2 Å². The lowest BCUT2D eigenvalue weighted by atomic mass is 10.1. The van der Waals surface area contributed by atoms with Crippen LogP contribution in [0.2, 0.25) is 0 Å². The van der Waals surface area contributed by atoms with Crippen LogP contribution >= 0.6 is 11.8 Å². The molecule has 0 amide bonds. The summed E-state index contributed by atoms with van der Waals surface area (Å²) < 4.78 is 19.6. The standard InChI is InChI=1S/C19H13FO3S/c20-12-5-8-15-14(10-12)18-16(23-15)3-1-2-11-4-6-13(24-19(11)18)7-9-17(21)22/h1-6,8,10H,7,9H2,(H,21,22). The molecule has 0 radical (unpaired) electrons. The Bertz CT molecular complexity index is 1070. The van der Waals surface area contributed by atoms with Crippen LogP contribution in [0.25, 0.3) is 22.0 Å². The van der Waals surface area contributed by atoms with E-state index in [1.54, 1.807) is 6.07 Å². The van der Waals surface area contributed by atoms with Crippen LogP contribution in [-0.2, 0) is 4.79 Å². The summed E-state index contributed by atoms with van der Waals surface area (Å²) >= 11 is 1.53. The number of carboxylic acids is 1. The second-order valence-electron chi connectivity index (χ2n) is 5.59. The van der Waals surface area contributed by atoms with Crippen LogP contribution in [0, 0.1) is 5.82 Å². The molecule has 1 aromatic carbocycles. The van der Waals surface area contributed by atoms with Crippen LogP contribution in [-0.4, -0.2) is 11.1 Å². The fraction of sp³-hybridized carbons (Fsp3) is 0.105. The summed E-state index contributed by atoms with van der Waals surface area (Å²) in [6.45, 7) is 0. The van der Waals surface area contributed by atoms with Crippen molar-refractivity contribution in [3.05, 3.63) is 69.4 Å². The molecule has 0 atom stereocenters. The molecule has 2 heterocycles. The first kappa shape index (κ1) is 15.0. The predicted molar refractivity (Wildman–Crippen MR) is 93.1 cm³/mol. The van der Waals surface area contributed by atoms with Crippen molar-refractivity contribution >= 4 is 39.7 Å². The highest BCUT2D eigenvalue weighted by Crippen LogP contribution is 2.39. The first-order chi connectivity index (χ1) is 11.6. The molecule has 4 rings (SSSR count). The van der Waals surface area contributed by atoms with Crippen LogP contribution in [0.5, 0.6) is 0 Å². The molecule has 2 aliphatic rings. The van der Waals surface area contributed by atoms with Gasteiger partial charge >= 0.3 is 5.97 Å². The number of hydrogen-bond donors (Lipinski definition) is 1. The number of allylic oxidation sites excluding steroid dienone is 5. The Morgan fingerprint density at radius 2 is 2.12 bits per heavy atom. The summed E-state index contributed by atoms with van der Waals surface area (Å²) in [4.78, 5) is 12.8. The maximum absolute atomic E-state index is 13.7. The van der Waals surface area contributed by atoms with Crippen molar-refractivity contribution in [2.75, 3.05) is 0 Å². The molecule has 1 N–H and O–H groups in total. The Labute approximate surface area is 141 Å². The second kappa shape index (κ2) is 5.83. The minimum atomic E-state index is -0.818. The molecule has 0 spiro atoms. The van der Waals surface area contributed by atoms with E-state index in [2.05, 4.69) is 0 Å². The number of carboxylic acid groups (broad SMARTS) is 1. The van der Waals surface area contributed by atoms with Crippen LogP contribution in [0.3, 0.4) is 0 Å². The van der Waals surface area contributed by atoms with Crippen LogP contribution in [0.1, 0.15) is 12.8 Å². The summed E-state index contributed by atoms with van der Waals surface area (Å²) in [5.41, 5.74) is 2.35. The third-order valence-electron chi connectivity index (χ3n) is 3.96. The van der Waals surface area contributed by atoms with Crippen molar-refractivity contribution < 1.29 is 18.7 Å². The van der Waals surface area contributed by atoms with E-state index in [0.717, 1.165) is 26.0 Å². The molecular formula is C19H13FO3S. The first-order valence-electron chi connectivity index (χ1n) is 7.53. The zero-order chi connectivity index (χ0) is 16.7. The van der Waals surface area contributed by atoms with Gasteiger partial charge in [0.15, 0.2) is 0 Å². The molecule has 0 fully saturated rings. The van der Waals surface area contributed by atoms with Gasteiger partial charge in [-0.2, -0.15) is 0 Å². The Hall–Kier alpha value is -2.53. The maximum atomic E-state index is 13.7. The minimum Gasteiger partial charge on any atom is -0.481 e. The molecule has 0 unspecified atom stereocenters. The van der Waals surface area contributed by atoms with Gasteiger partial charge in [0.05, 0.1) is 0 Å². The van der Waals surface area contributed by atoms with Gasteiger partial charge in [0, 0.05) is 21.9 Å². The molecule has 1 aromatic heterocycles. The fourth-order valence-electron chi connectivity index (χ4n) is 2.85. The molecule has 2 aromatic rings. The Morgan fingerprint density at radius 1 is 1.25 bits per heavy atom. The van der Waals surface area contributed by atoms with E-state index >= 15 is 0 Å². The van der Waals surface area contributed by atoms with Gasteiger partial charge in [-0.25, -0.2) is 4.39 Å². The predicted octanol–water partition coefficient (Wildman–Crippen LogP) is 3.45. The van der Waals surface area contributed by atoms with Gasteiger partial charge in [-0.3, -0.25) is 4.79 Å². The smallest absolute Gasteiger partial charge is 0.303 e. The lowest BCUT2D eigenvalue weighted by Gasteiger charge is -2.14. The van der Waals surface area contributed by atoms with Gasteiger partial charge in [-0.1, -0.05) is 36.1 Å². The van der Waals surface area contributed by atoms with Crippen molar-refractivity contribution in [1.29, 1.82) is 0 Å². The van der Waals surface area contributed by atoms with Crippen LogP contribution in [0.15, 0.2) is 57.4 Å². The molecular weight excluding hydrogens is 327 g/mol. The quantitative estimate of drug-likeness (QED) is 0.930. The molecule has 0 saturated heterocycles. The lowest BCUT2D eigenvalue weighted by Crippen LogP contribution is -2.22. The topological polar surface area (TPSA) is 50.4 Å². The SMILES string of the molecule is O=C(O)CCC1=CC=C2C=CC=c3oc4ccc(F)cc4c3=C2S1. The van der Waals surface area contributed by atoms with E-state index in [0.29, 0.717) is 17.4 Å². The largest absolute Gasteiger partial charge is 0.481 e. The van der Waals surface area contributed by atoms with Gasteiger partial charge < -0.3 is 9.52 Å². The van der Waals surface area contributed by atoms with Gasteiger partial charge in [-0.15, -0.1) is 0 Å². The summed E-state index contributed by atoms with van der Waals surface area (Å²) in [6.07, 6.45) is 10.2. The molecule has 24 heavy (non-hydrogen) atoms. The van der Waals surface area contributed by atoms with Gasteiger partial charge in [0.25, 0.3) is 0 Å². The van der Waals surface area contributed by atoms with Crippen molar-refractivity contribution in [1.82, 2.24) is 0 Å². The average Bonchev–Trinajstić information content (AvgIpc) is 2.80. The first-order valence-corrected chi connectivity index (χ1v) is 8.35. The minimum absolute atomic E-state index is 0.0882. The van der Waals surface area contributed by atoms with Crippen molar-refractivity contribution in [3.8, 4) is 0 Å². The van der Waals surface area contributed by atoms with Gasteiger partial charge in [0.1, 0.15) is 16.8 Å². The highest BCUT2D eigenvalue weighted by Gasteiger charge is 2.18. The number of halogens is 1. The van der Waals surface area contributed by atoms with E-state index in [1.165, 1.54) is 23.9 Å². The fourth-order valence-corrected chi connectivity index (χ4v) is 4.02. The molecule has 0 saturated carbocycles. The molecule has 1 aliphatic carbocycles. The molecule has 120 valence electrons. The highest BCUT2D eigenvalue weighted by atomic mass is 32.2. The van der Waals surface area contributed by atoms with E-state index < -0.39 is 5.97 Å². The van der Waals surface area contributed by atoms with Gasteiger partial charge in [0.2, 0.25) is 0 Å². The number of fused-ring (bicyclic) bond motifs is 4. The zero-order valence-corrected chi connectivity index (χ0v) is 13.4. The number of carbonyl (C=O) groups is 1. The number of furan rings is 1. The van der Waals surface area contributed by atoms with E-state index in [4.69, 9.17) is 9.52 Å². The molecule has 5 heteroatoms. The Morgan fingerprint density at radius 3 is 2.96 bits per heavy atom. The van der Waals surface area contributed by atoms with Gasteiger partial charge in [-0.05, 0) is 41.2 Å². The van der Waals surface area contributed by atoms with Crippen molar-refractivity contribution in [2.45, 2.75) is 12.8 Å². The number of rotatable bonds is 3. The number of hydrogen-bond acceptors (Lipinski definition) is 3. The number of thioether (sulfide) groups is 1. The Kier molecular flexibility index (Phi) is 3.65. The average molecular weight is 340 g/mol. The third-order valence-corrected chi connectivity index (χ3v) is 5.20. The van der Waals surface area contributed by atoms with Crippen LogP contribution < -0.4 is 10.6 Å². The van der Waals surface area contributed by atoms with Crippen LogP contribution in [0.4, 0.5) is 4.39 Å². The highest BCUT2D eigenvalue weighted by molar-refractivity contribution is 8.11. The molecule has 3 nitrogen and oxygen atoms in total. The maximum Gasteiger partial charge on any atom is 0.303 e. The Balaban J connectivity index is 1.93. The van der Waals surface area contributed by atoms with Crippen molar-refractivity contribution in [2.24, 2.45) is 0 Å². The summed E-state index contributed by atoms with van der Waals surface area (Å²) in [5.74, 6) is -1.13. The summed E-state index contributed by atoms with van der Waals surface area (Å²) in [7, 11) is 0.